The van der Waals surface area contributed by atoms with E-state index >= 15 is 0 Å². The molecule has 0 aliphatic carbocycles. The Hall–Kier alpha value is -1.13. The van der Waals surface area contributed by atoms with E-state index in [1.807, 2.05) is 29.1 Å². The summed E-state index contributed by atoms with van der Waals surface area (Å²) in [6, 6.07) is 8.19. The normalized spacial score (nSPS) is 10.9. The summed E-state index contributed by atoms with van der Waals surface area (Å²) in [6.07, 6.45) is 4.10. The van der Waals surface area contributed by atoms with E-state index in [0.29, 0.717) is 0 Å². The minimum atomic E-state index is 0.890. The third kappa shape index (κ3) is 3.25. The monoisotopic (exact) mass is 321 g/mol. The number of para-hydroxylation sites is 1. The van der Waals surface area contributed by atoms with E-state index < -0.39 is 0 Å². The summed E-state index contributed by atoms with van der Waals surface area (Å²) in [7, 11) is 0. The predicted octanol–water partition coefficient (Wildman–Crippen LogP) is 3.70. The van der Waals surface area contributed by atoms with Crippen molar-refractivity contribution in [3.8, 4) is 5.69 Å². The first-order valence-corrected chi connectivity index (χ1v) is 7.58. The van der Waals surface area contributed by atoms with E-state index in [-0.39, 0.29) is 0 Å². The first kappa shape index (κ1) is 14.3. The Bertz CT molecular complexity index is 534. The Balaban J connectivity index is 2.29. The first-order chi connectivity index (χ1) is 9.27. The van der Waals surface area contributed by atoms with Gasteiger partial charge < -0.3 is 5.32 Å². The fraction of sp³-hybridized carbons (Fsp3) is 0.400. The molecule has 4 heteroatoms. The van der Waals surface area contributed by atoms with E-state index in [2.05, 4.69) is 46.3 Å². The summed E-state index contributed by atoms with van der Waals surface area (Å²) in [5.41, 5.74) is 3.66. The highest BCUT2D eigenvalue weighted by atomic mass is 79.9. The summed E-state index contributed by atoms with van der Waals surface area (Å²) in [5, 5.41) is 7.98. The second kappa shape index (κ2) is 6.87. The molecule has 0 unspecified atom stereocenters. The van der Waals surface area contributed by atoms with Gasteiger partial charge >= 0.3 is 0 Å². The second-order valence-corrected chi connectivity index (χ2v) is 5.36. The number of rotatable bonds is 6. The lowest BCUT2D eigenvalue weighted by atomic mass is 10.2. The van der Waals surface area contributed by atoms with E-state index in [9.17, 15) is 0 Å². The molecule has 0 bridgehead atoms. The molecule has 3 nitrogen and oxygen atoms in total. The van der Waals surface area contributed by atoms with Crippen molar-refractivity contribution in [3.05, 3.63) is 46.2 Å². The molecule has 2 aromatic rings. The van der Waals surface area contributed by atoms with Crippen molar-refractivity contribution in [1.29, 1.82) is 0 Å². The average molecular weight is 322 g/mol. The molecule has 19 heavy (non-hydrogen) atoms. The minimum Gasteiger partial charge on any atom is -0.313 e. The van der Waals surface area contributed by atoms with Crippen LogP contribution in [0.4, 0.5) is 0 Å². The van der Waals surface area contributed by atoms with Gasteiger partial charge in [-0.2, -0.15) is 5.10 Å². The van der Waals surface area contributed by atoms with Crippen molar-refractivity contribution >= 4 is 15.9 Å². The quantitative estimate of drug-likeness (QED) is 0.822. The lowest BCUT2D eigenvalue weighted by molar-refractivity contribution is 0.669. The van der Waals surface area contributed by atoms with Crippen LogP contribution in [-0.4, -0.2) is 16.3 Å². The van der Waals surface area contributed by atoms with Crippen molar-refractivity contribution in [3.63, 3.8) is 0 Å². The van der Waals surface area contributed by atoms with Gasteiger partial charge in [-0.25, -0.2) is 4.68 Å². The van der Waals surface area contributed by atoms with Gasteiger partial charge in [-0.05, 0) is 47.4 Å². The number of aromatic nitrogens is 2. The molecule has 0 saturated carbocycles. The highest BCUT2D eigenvalue weighted by Gasteiger charge is 2.11. The maximum atomic E-state index is 4.54. The largest absolute Gasteiger partial charge is 0.313 e. The molecule has 0 saturated heterocycles. The van der Waals surface area contributed by atoms with Crippen LogP contribution in [0.5, 0.6) is 0 Å². The Morgan fingerprint density at radius 2 is 2.05 bits per heavy atom. The van der Waals surface area contributed by atoms with Crippen molar-refractivity contribution in [1.82, 2.24) is 15.1 Å². The first-order valence-electron chi connectivity index (χ1n) is 6.79. The molecule has 1 N–H and O–H groups in total. The maximum absolute atomic E-state index is 4.54. The average Bonchev–Trinajstić information content (AvgIpc) is 2.82. The molecule has 0 spiro atoms. The Morgan fingerprint density at radius 3 is 2.74 bits per heavy atom. The second-order valence-electron chi connectivity index (χ2n) is 4.51. The van der Waals surface area contributed by atoms with Crippen molar-refractivity contribution < 1.29 is 0 Å². The lowest BCUT2D eigenvalue weighted by Crippen LogP contribution is -2.15. The number of nitrogens with zero attached hydrogens (tertiary/aromatic N) is 2. The number of nitrogens with one attached hydrogen (secondary N) is 1. The molecular weight excluding hydrogens is 302 g/mol. The van der Waals surface area contributed by atoms with Gasteiger partial charge in [0.05, 0.1) is 11.9 Å². The smallest absolute Gasteiger partial charge is 0.0790 e. The van der Waals surface area contributed by atoms with Crippen LogP contribution in [0.15, 0.2) is 34.9 Å². The van der Waals surface area contributed by atoms with Crippen LogP contribution in [0.1, 0.15) is 31.5 Å². The molecule has 0 radical (unpaired) electrons. The van der Waals surface area contributed by atoms with Gasteiger partial charge in [0.25, 0.3) is 0 Å². The summed E-state index contributed by atoms with van der Waals surface area (Å²) in [5.74, 6) is 0. The number of halogens is 1. The van der Waals surface area contributed by atoms with Gasteiger partial charge in [-0.15, -0.1) is 0 Å². The molecule has 0 aliphatic heterocycles. The fourth-order valence-corrected chi connectivity index (χ4v) is 2.62. The van der Waals surface area contributed by atoms with Gasteiger partial charge in [-0.1, -0.05) is 26.0 Å². The van der Waals surface area contributed by atoms with Gasteiger partial charge in [0.15, 0.2) is 0 Å². The SMILES string of the molecule is CCCNCc1cnn(-c2ccccc2Br)c1CC. The lowest BCUT2D eigenvalue weighted by Gasteiger charge is -2.10. The Labute approximate surface area is 123 Å². The molecule has 1 heterocycles. The zero-order valence-corrected chi connectivity index (χ0v) is 13.1. The van der Waals surface area contributed by atoms with Crippen molar-refractivity contribution in [2.45, 2.75) is 33.2 Å². The summed E-state index contributed by atoms with van der Waals surface area (Å²) < 4.78 is 3.11. The van der Waals surface area contributed by atoms with Crippen LogP contribution >= 0.6 is 15.9 Å². The van der Waals surface area contributed by atoms with E-state index in [0.717, 1.165) is 36.1 Å². The molecule has 1 aromatic heterocycles. The number of hydrogen-bond donors (Lipinski definition) is 1. The molecule has 0 aliphatic rings. The molecular formula is C15H20BrN3. The summed E-state index contributed by atoms with van der Waals surface area (Å²) in [6.45, 7) is 6.29. The molecule has 102 valence electrons. The van der Waals surface area contributed by atoms with Crippen LogP contribution in [-0.2, 0) is 13.0 Å². The summed E-state index contributed by atoms with van der Waals surface area (Å²) in [4.78, 5) is 0. The Kier molecular flexibility index (Phi) is 5.16. The molecule has 0 fully saturated rings. The van der Waals surface area contributed by atoms with Gasteiger partial charge in [-0.3, -0.25) is 0 Å². The number of hydrogen-bond acceptors (Lipinski definition) is 2. The Morgan fingerprint density at radius 1 is 1.26 bits per heavy atom. The molecule has 1 aromatic carbocycles. The summed E-state index contributed by atoms with van der Waals surface area (Å²) >= 11 is 3.59. The zero-order valence-electron chi connectivity index (χ0n) is 11.5. The van der Waals surface area contributed by atoms with Crippen LogP contribution in [0.3, 0.4) is 0 Å². The van der Waals surface area contributed by atoms with Crippen LogP contribution < -0.4 is 5.32 Å². The van der Waals surface area contributed by atoms with E-state index in [4.69, 9.17) is 0 Å². The van der Waals surface area contributed by atoms with Gasteiger partial charge in [0.2, 0.25) is 0 Å². The predicted molar refractivity (Wildman–Crippen MR) is 82.6 cm³/mol. The van der Waals surface area contributed by atoms with Gasteiger partial charge in [0.1, 0.15) is 0 Å². The fourth-order valence-electron chi connectivity index (χ4n) is 2.16. The standard InChI is InChI=1S/C15H20BrN3/c1-3-9-17-10-12-11-18-19(14(12)4-2)15-8-6-5-7-13(15)16/h5-8,11,17H,3-4,9-10H2,1-2H3. The van der Waals surface area contributed by atoms with Crippen LogP contribution in [0.25, 0.3) is 5.69 Å². The molecule has 2 rings (SSSR count). The van der Waals surface area contributed by atoms with Crippen LogP contribution in [0, 0.1) is 0 Å². The zero-order chi connectivity index (χ0) is 13.7. The number of benzene rings is 1. The van der Waals surface area contributed by atoms with E-state index in [1.165, 1.54) is 11.3 Å². The highest BCUT2D eigenvalue weighted by Crippen LogP contribution is 2.23. The van der Waals surface area contributed by atoms with Gasteiger partial charge in [0, 0.05) is 22.3 Å². The third-order valence-corrected chi connectivity index (χ3v) is 3.78. The van der Waals surface area contributed by atoms with Crippen LogP contribution in [0.2, 0.25) is 0 Å². The maximum Gasteiger partial charge on any atom is 0.0790 e. The van der Waals surface area contributed by atoms with Crippen molar-refractivity contribution in [2.24, 2.45) is 0 Å². The minimum absolute atomic E-state index is 0.890. The highest BCUT2D eigenvalue weighted by molar-refractivity contribution is 9.10. The van der Waals surface area contributed by atoms with Crippen molar-refractivity contribution in [2.75, 3.05) is 6.54 Å². The topological polar surface area (TPSA) is 29.9 Å². The molecule has 0 atom stereocenters. The van der Waals surface area contributed by atoms with E-state index in [1.54, 1.807) is 0 Å². The molecule has 0 amide bonds. The third-order valence-electron chi connectivity index (χ3n) is 3.11.